The summed E-state index contributed by atoms with van der Waals surface area (Å²) in [5, 5.41) is 0.551. The third-order valence-corrected chi connectivity index (χ3v) is 6.46. The molecule has 0 saturated carbocycles. The Morgan fingerprint density at radius 1 is 0.969 bits per heavy atom. The first-order valence-electron chi connectivity index (χ1n) is 10.3. The van der Waals surface area contributed by atoms with Crippen molar-refractivity contribution in [2.24, 2.45) is 14.1 Å². The fourth-order valence-corrected chi connectivity index (χ4v) is 4.50. The van der Waals surface area contributed by atoms with Crippen molar-refractivity contribution in [1.29, 1.82) is 0 Å². The van der Waals surface area contributed by atoms with Crippen molar-refractivity contribution < 1.29 is 4.79 Å². The van der Waals surface area contributed by atoms with Crippen LogP contribution in [0.15, 0.2) is 69.3 Å². The summed E-state index contributed by atoms with van der Waals surface area (Å²) < 4.78 is 4.30. The third-order valence-electron chi connectivity index (χ3n) is 5.49. The van der Waals surface area contributed by atoms with Gasteiger partial charge in [0.25, 0.3) is 5.56 Å². The Balaban J connectivity index is 1.71. The van der Waals surface area contributed by atoms with Gasteiger partial charge in [-0.15, -0.1) is 0 Å². The molecule has 0 bridgehead atoms. The van der Waals surface area contributed by atoms with E-state index in [1.807, 2.05) is 66.1 Å². The molecule has 0 atom stereocenters. The van der Waals surface area contributed by atoms with Crippen LogP contribution in [0.5, 0.6) is 0 Å². The van der Waals surface area contributed by atoms with Crippen LogP contribution in [0.1, 0.15) is 21.5 Å². The van der Waals surface area contributed by atoms with E-state index in [1.54, 1.807) is 7.05 Å². The van der Waals surface area contributed by atoms with Crippen LogP contribution in [0, 0.1) is 6.92 Å². The van der Waals surface area contributed by atoms with Crippen LogP contribution in [-0.4, -0.2) is 30.2 Å². The lowest BCUT2D eigenvalue weighted by molar-refractivity contribution is 0.102. The number of hydrogen-bond acceptors (Lipinski definition) is 5. The van der Waals surface area contributed by atoms with Crippen molar-refractivity contribution in [3.63, 3.8) is 0 Å². The summed E-state index contributed by atoms with van der Waals surface area (Å²) in [5.41, 5.74) is 2.74. The Morgan fingerprint density at radius 3 is 2.34 bits per heavy atom. The molecular formula is C24H24N4O3S. The van der Waals surface area contributed by atoms with Gasteiger partial charge in [0.1, 0.15) is 0 Å². The van der Waals surface area contributed by atoms with Crippen LogP contribution in [0.2, 0.25) is 0 Å². The fourth-order valence-electron chi connectivity index (χ4n) is 3.58. The summed E-state index contributed by atoms with van der Waals surface area (Å²) in [7, 11) is 3.07. The van der Waals surface area contributed by atoms with Crippen molar-refractivity contribution in [2.45, 2.75) is 25.0 Å². The minimum Gasteiger partial charge on any atom is -0.313 e. The molecule has 0 N–H and O–H groups in total. The molecule has 32 heavy (non-hydrogen) atoms. The van der Waals surface area contributed by atoms with E-state index in [4.69, 9.17) is 0 Å². The molecule has 4 rings (SSSR count). The molecule has 0 amide bonds. The minimum absolute atomic E-state index is 0.0153. The molecule has 0 fully saturated rings. The standard InChI is InChI=1S/C24H24N4O3S/c1-16-9-11-18(12-10-16)19(29)15-32-23-25-21-20(22(30)27(3)24(31)26(21)2)28(23)14-13-17-7-5-4-6-8-17/h4-12H,13-15H2,1-3H3. The van der Waals surface area contributed by atoms with Crippen LogP contribution in [0.3, 0.4) is 0 Å². The number of thioether (sulfide) groups is 1. The third kappa shape index (κ3) is 4.18. The second-order valence-corrected chi connectivity index (χ2v) is 8.68. The van der Waals surface area contributed by atoms with E-state index in [0.29, 0.717) is 34.8 Å². The average molecular weight is 449 g/mol. The van der Waals surface area contributed by atoms with E-state index in [2.05, 4.69) is 4.98 Å². The molecule has 2 aromatic carbocycles. The summed E-state index contributed by atoms with van der Waals surface area (Å²) in [5.74, 6) is 0.171. The maximum Gasteiger partial charge on any atom is 0.332 e. The molecule has 0 saturated heterocycles. The molecule has 0 aliphatic heterocycles. The molecule has 2 aromatic heterocycles. The van der Waals surface area contributed by atoms with Gasteiger partial charge < -0.3 is 4.57 Å². The first-order chi connectivity index (χ1) is 15.4. The number of hydrogen-bond donors (Lipinski definition) is 0. The Morgan fingerprint density at radius 2 is 1.66 bits per heavy atom. The van der Waals surface area contributed by atoms with Gasteiger partial charge >= 0.3 is 5.69 Å². The molecule has 0 radical (unpaired) electrons. The monoisotopic (exact) mass is 448 g/mol. The Hall–Kier alpha value is -3.39. The Bertz CT molecular complexity index is 1400. The van der Waals surface area contributed by atoms with Crippen LogP contribution in [0.4, 0.5) is 0 Å². The normalized spacial score (nSPS) is 11.2. The van der Waals surface area contributed by atoms with Gasteiger partial charge in [0.2, 0.25) is 0 Å². The number of carbonyl (C=O) groups is 1. The molecule has 164 valence electrons. The highest BCUT2D eigenvalue weighted by Crippen LogP contribution is 2.23. The zero-order valence-corrected chi connectivity index (χ0v) is 19.1. The summed E-state index contributed by atoms with van der Waals surface area (Å²) in [6.45, 7) is 2.48. The maximum atomic E-state index is 13.0. The summed E-state index contributed by atoms with van der Waals surface area (Å²) in [6.07, 6.45) is 0.692. The van der Waals surface area contributed by atoms with Crippen LogP contribution in [-0.2, 0) is 27.1 Å². The topological polar surface area (TPSA) is 78.9 Å². The highest BCUT2D eigenvalue weighted by atomic mass is 32.2. The maximum absolute atomic E-state index is 13.0. The van der Waals surface area contributed by atoms with Gasteiger partial charge in [0.05, 0.1) is 5.75 Å². The van der Waals surface area contributed by atoms with Gasteiger partial charge in [-0.3, -0.25) is 18.7 Å². The smallest absolute Gasteiger partial charge is 0.313 e. The van der Waals surface area contributed by atoms with Crippen molar-refractivity contribution in [2.75, 3.05) is 5.75 Å². The SMILES string of the molecule is Cc1ccc(C(=O)CSc2nc3c(c(=O)n(C)c(=O)n3C)n2CCc2ccccc2)cc1. The molecule has 0 spiro atoms. The van der Waals surface area contributed by atoms with E-state index in [1.165, 1.54) is 23.4 Å². The van der Waals surface area contributed by atoms with E-state index in [9.17, 15) is 14.4 Å². The van der Waals surface area contributed by atoms with Gasteiger partial charge in [0.15, 0.2) is 22.1 Å². The number of benzene rings is 2. The van der Waals surface area contributed by atoms with E-state index >= 15 is 0 Å². The van der Waals surface area contributed by atoms with Gasteiger partial charge in [-0.25, -0.2) is 9.78 Å². The number of nitrogens with zero attached hydrogens (tertiary/aromatic N) is 4. The van der Waals surface area contributed by atoms with E-state index in [-0.39, 0.29) is 17.1 Å². The van der Waals surface area contributed by atoms with Gasteiger partial charge in [-0.05, 0) is 18.9 Å². The van der Waals surface area contributed by atoms with Crippen LogP contribution in [0.25, 0.3) is 11.2 Å². The molecule has 0 aliphatic rings. The second kappa shape index (κ2) is 9.00. The molecule has 8 heteroatoms. The Kier molecular flexibility index (Phi) is 6.14. The van der Waals surface area contributed by atoms with E-state index in [0.717, 1.165) is 15.7 Å². The highest BCUT2D eigenvalue weighted by Gasteiger charge is 2.20. The number of rotatable bonds is 7. The number of Topliss-reactive ketones (excluding diaryl/α,β-unsaturated/α-hetero) is 1. The molecular weight excluding hydrogens is 424 g/mol. The first kappa shape index (κ1) is 21.8. The summed E-state index contributed by atoms with van der Waals surface area (Å²) in [4.78, 5) is 42.6. The lowest BCUT2D eigenvalue weighted by Gasteiger charge is -2.09. The predicted molar refractivity (Wildman–Crippen MR) is 127 cm³/mol. The number of ketones is 1. The minimum atomic E-state index is -0.428. The van der Waals surface area contributed by atoms with Crippen molar-refractivity contribution in [1.82, 2.24) is 18.7 Å². The average Bonchev–Trinajstić information content (AvgIpc) is 3.18. The summed E-state index contributed by atoms with van der Waals surface area (Å²) >= 11 is 1.28. The second-order valence-electron chi connectivity index (χ2n) is 7.74. The van der Waals surface area contributed by atoms with Crippen LogP contribution < -0.4 is 11.2 Å². The van der Waals surface area contributed by atoms with Crippen molar-refractivity contribution in [3.05, 3.63) is 92.1 Å². The van der Waals surface area contributed by atoms with Crippen molar-refractivity contribution >= 4 is 28.7 Å². The summed E-state index contributed by atoms with van der Waals surface area (Å²) in [6, 6.07) is 17.4. The fraction of sp³-hybridized carbons (Fsp3) is 0.250. The van der Waals surface area contributed by atoms with E-state index < -0.39 is 5.69 Å². The molecule has 0 unspecified atom stereocenters. The predicted octanol–water partition coefficient (Wildman–Crippen LogP) is 2.96. The zero-order valence-electron chi connectivity index (χ0n) is 18.2. The highest BCUT2D eigenvalue weighted by molar-refractivity contribution is 7.99. The molecule has 0 aliphatic carbocycles. The Labute approximate surface area is 189 Å². The lowest BCUT2D eigenvalue weighted by atomic mass is 10.1. The van der Waals surface area contributed by atoms with Gasteiger partial charge in [0, 0.05) is 26.2 Å². The number of aryl methyl sites for hydroxylation is 4. The van der Waals surface area contributed by atoms with Gasteiger partial charge in [-0.2, -0.15) is 0 Å². The van der Waals surface area contributed by atoms with Gasteiger partial charge in [-0.1, -0.05) is 71.9 Å². The number of fused-ring (bicyclic) bond motifs is 1. The number of aromatic nitrogens is 4. The molecule has 4 aromatic rings. The van der Waals surface area contributed by atoms with Crippen LogP contribution >= 0.6 is 11.8 Å². The lowest BCUT2D eigenvalue weighted by Crippen LogP contribution is -2.37. The van der Waals surface area contributed by atoms with Crippen molar-refractivity contribution in [3.8, 4) is 0 Å². The molecule has 7 nitrogen and oxygen atoms in total. The first-order valence-corrected chi connectivity index (χ1v) is 11.3. The zero-order chi connectivity index (χ0) is 22.8. The molecule has 2 heterocycles. The number of imidazole rings is 1. The number of carbonyl (C=O) groups excluding carboxylic acids is 1. The largest absolute Gasteiger partial charge is 0.332 e. The quantitative estimate of drug-likeness (QED) is 0.321.